The Morgan fingerprint density at radius 2 is 1.95 bits per heavy atom. The molecule has 0 aromatic carbocycles. The van der Waals surface area contributed by atoms with Gasteiger partial charge in [-0.1, -0.05) is 0 Å². The fourth-order valence-electron chi connectivity index (χ4n) is 2.04. The highest BCUT2D eigenvalue weighted by Crippen LogP contribution is 2.20. The Morgan fingerprint density at radius 1 is 1.35 bits per heavy atom. The quantitative estimate of drug-likeness (QED) is 0.590. The van der Waals surface area contributed by atoms with E-state index in [9.17, 15) is 13.2 Å². The van der Waals surface area contributed by atoms with Gasteiger partial charge in [-0.2, -0.15) is 4.31 Å². The van der Waals surface area contributed by atoms with Crippen LogP contribution in [-0.4, -0.2) is 70.8 Å². The highest BCUT2D eigenvalue weighted by molar-refractivity contribution is 7.89. The first-order valence-electron chi connectivity index (χ1n) is 6.75. The summed E-state index contributed by atoms with van der Waals surface area (Å²) in [5, 5.41) is 5.80. The van der Waals surface area contributed by atoms with Crippen molar-refractivity contribution in [1.29, 1.82) is 0 Å². The predicted octanol–water partition coefficient (Wildman–Crippen LogP) is -0.990. The lowest BCUT2D eigenvalue weighted by Crippen LogP contribution is -2.51. The van der Waals surface area contributed by atoms with E-state index in [1.807, 2.05) is 0 Å². The molecule has 0 aromatic rings. The highest BCUT2D eigenvalue weighted by Gasteiger charge is 2.36. The van der Waals surface area contributed by atoms with Crippen LogP contribution in [0.3, 0.4) is 0 Å². The van der Waals surface area contributed by atoms with Gasteiger partial charge in [-0.15, -0.1) is 0 Å². The van der Waals surface area contributed by atoms with Gasteiger partial charge in [0, 0.05) is 39.8 Å². The van der Waals surface area contributed by atoms with Gasteiger partial charge in [-0.25, -0.2) is 8.42 Å². The van der Waals surface area contributed by atoms with E-state index in [-0.39, 0.29) is 11.7 Å². The number of piperazine rings is 1. The summed E-state index contributed by atoms with van der Waals surface area (Å²) in [5.74, 6) is -0.452. The topological polar surface area (TPSA) is 87.7 Å². The number of nitrogens with one attached hydrogen (secondary N) is 2. The number of ether oxygens (including phenoxy) is 1. The van der Waals surface area contributed by atoms with Crippen molar-refractivity contribution in [2.75, 3.05) is 52.2 Å². The van der Waals surface area contributed by atoms with E-state index in [4.69, 9.17) is 4.74 Å². The van der Waals surface area contributed by atoms with Crippen LogP contribution < -0.4 is 10.6 Å². The normalized spacial score (nSPS) is 17.9. The summed E-state index contributed by atoms with van der Waals surface area (Å²) >= 11 is 0. The van der Waals surface area contributed by atoms with Crippen LogP contribution in [0.1, 0.15) is 13.8 Å². The number of nitrogens with zero attached hydrogens (tertiary/aromatic N) is 1. The molecule has 0 aliphatic carbocycles. The Balaban J connectivity index is 2.61. The molecule has 1 aliphatic heterocycles. The Labute approximate surface area is 121 Å². The number of sulfonamides is 1. The Bertz CT molecular complexity index is 416. The largest absolute Gasteiger partial charge is 0.383 e. The number of hydrogen-bond acceptors (Lipinski definition) is 5. The smallest absolute Gasteiger partial charge is 0.226 e. The van der Waals surface area contributed by atoms with Crippen LogP contribution in [0.25, 0.3) is 0 Å². The minimum absolute atomic E-state index is 0.182. The zero-order valence-corrected chi connectivity index (χ0v) is 13.3. The molecular weight excluding hydrogens is 282 g/mol. The number of carbonyl (C=O) groups excluding carboxylic acids is 1. The number of carbonyl (C=O) groups is 1. The van der Waals surface area contributed by atoms with Gasteiger partial charge in [0.25, 0.3) is 0 Å². The third kappa shape index (κ3) is 5.01. The summed E-state index contributed by atoms with van der Waals surface area (Å²) in [6, 6.07) is 0. The van der Waals surface area contributed by atoms with Gasteiger partial charge in [0.1, 0.15) is 0 Å². The third-order valence-corrected chi connectivity index (χ3v) is 5.46. The van der Waals surface area contributed by atoms with E-state index in [0.717, 1.165) is 0 Å². The van der Waals surface area contributed by atoms with Gasteiger partial charge in [0.2, 0.25) is 15.9 Å². The summed E-state index contributed by atoms with van der Waals surface area (Å²) < 4.78 is 31.0. The summed E-state index contributed by atoms with van der Waals surface area (Å²) in [4.78, 5) is 12.0. The minimum atomic E-state index is -3.42. The predicted molar refractivity (Wildman–Crippen MR) is 76.9 cm³/mol. The van der Waals surface area contributed by atoms with Crippen molar-refractivity contribution in [3.63, 3.8) is 0 Å². The summed E-state index contributed by atoms with van der Waals surface area (Å²) in [5.41, 5.74) is -0.961. The van der Waals surface area contributed by atoms with Crippen LogP contribution in [-0.2, 0) is 19.6 Å². The van der Waals surface area contributed by atoms with Crippen LogP contribution in [0.5, 0.6) is 0 Å². The molecule has 1 heterocycles. The molecule has 0 spiro atoms. The second kappa shape index (κ2) is 7.35. The highest BCUT2D eigenvalue weighted by atomic mass is 32.2. The summed E-state index contributed by atoms with van der Waals surface area (Å²) in [6.45, 7) is 6.31. The van der Waals surface area contributed by atoms with Crippen LogP contribution in [0, 0.1) is 5.41 Å². The minimum Gasteiger partial charge on any atom is -0.383 e. The molecule has 8 heteroatoms. The molecule has 1 fully saturated rings. The number of amides is 1. The fourth-order valence-corrected chi connectivity index (χ4v) is 4.01. The zero-order chi connectivity index (χ0) is 15.2. The molecule has 1 amide bonds. The van der Waals surface area contributed by atoms with Crippen LogP contribution >= 0.6 is 0 Å². The van der Waals surface area contributed by atoms with Gasteiger partial charge in [-0.05, 0) is 13.8 Å². The SMILES string of the molecule is COCCNC(=O)C(C)(C)CS(=O)(=O)N1CCNCC1. The summed E-state index contributed by atoms with van der Waals surface area (Å²) in [6.07, 6.45) is 0. The van der Waals surface area contributed by atoms with Gasteiger partial charge >= 0.3 is 0 Å². The zero-order valence-electron chi connectivity index (χ0n) is 12.4. The molecule has 0 bridgehead atoms. The van der Waals surface area contributed by atoms with Crippen molar-refractivity contribution < 1.29 is 17.9 Å². The standard InChI is InChI=1S/C12H25N3O4S/c1-12(2,11(16)14-6-9-19-3)10-20(17,18)15-7-4-13-5-8-15/h13H,4-10H2,1-3H3,(H,14,16). The fraction of sp³-hybridized carbons (Fsp3) is 0.917. The molecule has 20 heavy (non-hydrogen) atoms. The van der Waals surface area contributed by atoms with Crippen LogP contribution in [0.2, 0.25) is 0 Å². The van der Waals surface area contributed by atoms with E-state index in [2.05, 4.69) is 10.6 Å². The van der Waals surface area contributed by atoms with E-state index >= 15 is 0 Å². The second-order valence-electron chi connectivity index (χ2n) is 5.54. The molecule has 118 valence electrons. The van der Waals surface area contributed by atoms with Crippen molar-refractivity contribution in [1.82, 2.24) is 14.9 Å². The van der Waals surface area contributed by atoms with Gasteiger partial charge in [0.05, 0.1) is 17.8 Å². The van der Waals surface area contributed by atoms with Crippen molar-refractivity contribution in [2.24, 2.45) is 5.41 Å². The molecule has 0 radical (unpaired) electrons. The van der Waals surface area contributed by atoms with E-state index in [1.165, 1.54) is 4.31 Å². The van der Waals surface area contributed by atoms with Crippen molar-refractivity contribution in [3.8, 4) is 0 Å². The van der Waals surface area contributed by atoms with E-state index in [0.29, 0.717) is 39.3 Å². The lowest BCUT2D eigenvalue weighted by atomic mass is 9.95. The molecule has 1 saturated heterocycles. The first-order chi connectivity index (χ1) is 9.29. The maximum absolute atomic E-state index is 12.3. The molecular formula is C12H25N3O4S. The maximum atomic E-state index is 12.3. The number of rotatable bonds is 7. The molecule has 1 rings (SSSR count). The summed E-state index contributed by atoms with van der Waals surface area (Å²) in [7, 11) is -1.87. The number of hydrogen-bond donors (Lipinski definition) is 2. The van der Waals surface area contributed by atoms with Crippen molar-refractivity contribution in [2.45, 2.75) is 13.8 Å². The molecule has 0 saturated carbocycles. The molecule has 2 N–H and O–H groups in total. The van der Waals surface area contributed by atoms with Crippen molar-refractivity contribution in [3.05, 3.63) is 0 Å². The molecule has 0 atom stereocenters. The first kappa shape index (κ1) is 17.4. The van der Waals surface area contributed by atoms with Crippen molar-refractivity contribution >= 4 is 15.9 Å². The Kier molecular flexibility index (Phi) is 6.38. The number of methoxy groups -OCH3 is 1. The Hall–Kier alpha value is -0.700. The van der Waals surface area contributed by atoms with E-state index < -0.39 is 15.4 Å². The molecule has 7 nitrogen and oxygen atoms in total. The van der Waals surface area contributed by atoms with Gasteiger partial charge in [-0.3, -0.25) is 4.79 Å². The monoisotopic (exact) mass is 307 g/mol. The average Bonchev–Trinajstić information content (AvgIpc) is 2.38. The molecule has 1 aliphatic rings. The van der Waals surface area contributed by atoms with Crippen LogP contribution in [0.15, 0.2) is 0 Å². The molecule has 0 unspecified atom stereocenters. The molecule has 0 aromatic heterocycles. The first-order valence-corrected chi connectivity index (χ1v) is 8.36. The van der Waals surface area contributed by atoms with Crippen LogP contribution in [0.4, 0.5) is 0 Å². The second-order valence-corrected chi connectivity index (χ2v) is 7.51. The lowest BCUT2D eigenvalue weighted by Gasteiger charge is -2.30. The van der Waals surface area contributed by atoms with Gasteiger partial charge < -0.3 is 15.4 Å². The third-order valence-electron chi connectivity index (χ3n) is 3.22. The van der Waals surface area contributed by atoms with E-state index in [1.54, 1.807) is 21.0 Å². The Morgan fingerprint density at radius 3 is 2.50 bits per heavy atom. The average molecular weight is 307 g/mol. The van der Waals surface area contributed by atoms with Gasteiger partial charge in [0.15, 0.2) is 0 Å². The maximum Gasteiger partial charge on any atom is 0.226 e. The lowest BCUT2D eigenvalue weighted by molar-refractivity contribution is -0.128.